The minimum atomic E-state index is -0.990. The van der Waals surface area contributed by atoms with Crippen LogP contribution in [0.1, 0.15) is 11.1 Å². The van der Waals surface area contributed by atoms with Crippen molar-refractivity contribution >= 4 is 17.3 Å². The van der Waals surface area contributed by atoms with Gasteiger partial charge >= 0.3 is 0 Å². The molecule has 0 saturated carbocycles. The molecular weight excluding hydrogens is 274 g/mol. The second-order valence-electron chi connectivity index (χ2n) is 4.78. The third-order valence-electron chi connectivity index (χ3n) is 3.25. The Bertz CT molecular complexity index is 671. The summed E-state index contributed by atoms with van der Waals surface area (Å²) in [6, 6.07) is 9.01. The molecule has 2 aromatic carbocycles. The Morgan fingerprint density at radius 1 is 1.10 bits per heavy atom. The van der Waals surface area contributed by atoms with Gasteiger partial charge in [-0.2, -0.15) is 0 Å². The van der Waals surface area contributed by atoms with Gasteiger partial charge in [-0.15, -0.1) is 0 Å². The van der Waals surface area contributed by atoms with Gasteiger partial charge in [0.05, 0.1) is 6.54 Å². The fraction of sp³-hybridized carbons (Fsp3) is 0.188. The van der Waals surface area contributed by atoms with Gasteiger partial charge in [0.1, 0.15) is 0 Å². The van der Waals surface area contributed by atoms with E-state index >= 15 is 0 Å². The number of anilines is 2. The van der Waals surface area contributed by atoms with Gasteiger partial charge in [-0.25, -0.2) is 8.78 Å². The summed E-state index contributed by atoms with van der Waals surface area (Å²) >= 11 is 0. The van der Waals surface area contributed by atoms with Crippen molar-refractivity contribution < 1.29 is 13.6 Å². The van der Waals surface area contributed by atoms with Gasteiger partial charge in [-0.3, -0.25) is 4.79 Å². The predicted molar refractivity (Wildman–Crippen MR) is 79.4 cm³/mol. The Morgan fingerprint density at radius 2 is 1.86 bits per heavy atom. The highest BCUT2D eigenvalue weighted by Gasteiger charge is 2.07. The van der Waals surface area contributed by atoms with E-state index in [2.05, 4.69) is 10.6 Å². The van der Waals surface area contributed by atoms with Crippen LogP contribution in [0.5, 0.6) is 0 Å². The lowest BCUT2D eigenvalue weighted by Crippen LogP contribution is -2.22. The molecule has 0 fully saturated rings. The summed E-state index contributed by atoms with van der Waals surface area (Å²) in [6.45, 7) is 4.00. The largest absolute Gasteiger partial charge is 0.376 e. The molecule has 1 amide bonds. The van der Waals surface area contributed by atoms with E-state index < -0.39 is 11.6 Å². The quantitative estimate of drug-likeness (QED) is 0.902. The van der Waals surface area contributed by atoms with Crippen LogP contribution in [0, 0.1) is 25.5 Å². The molecule has 21 heavy (non-hydrogen) atoms. The molecule has 0 radical (unpaired) electrons. The molecule has 0 bridgehead atoms. The fourth-order valence-electron chi connectivity index (χ4n) is 1.90. The average Bonchev–Trinajstić information content (AvgIpc) is 2.44. The number of rotatable bonds is 4. The lowest BCUT2D eigenvalue weighted by molar-refractivity contribution is -0.114. The van der Waals surface area contributed by atoms with E-state index in [0.29, 0.717) is 0 Å². The Hall–Kier alpha value is -2.43. The molecule has 0 atom stereocenters. The van der Waals surface area contributed by atoms with Crippen LogP contribution in [0.15, 0.2) is 36.4 Å². The van der Waals surface area contributed by atoms with Crippen LogP contribution in [0.4, 0.5) is 20.2 Å². The van der Waals surface area contributed by atoms with Crippen molar-refractivity contribution in [3.05, 3.63) is 59.2 Å². The van der Waals surface area contributed by atoms with Crippen molar-refractivity contribution in [2.24, 2.45) is 0 Å². The van der Waals surface area contributed by atoms with Crippen molar-refractivity contribution in [2.45, 2.75) is 13.8 Å². The number of nitrogens with one attached hydrogen (secondary N) is 2. The molecule has 0 spiro atoms. The SMILES string of the molecule is Cc1cccc(NCC(=O)Nc2ccc(F)c(F)c2)c1C. The summed E-state index contributed by atoms with van der Waals surface area (Å²) < 4.78 is 25.8. The molecule has 0 aliphatic rings. The molecule has 0 aromatic heterocycles. The van der Waals surface area contributed by atoms with Gasteiger partial charge in [0.2, 0.25) is 5.91 Å². The monoisotopic (exact) mass is 290 g/mol. The van der Waals surface area contributed by atoms with Crippen LogP contribution < -0.4 is 10.6 Å². The lowest BCUT2D eigenvalue weighted by Gasteiger charge is -2.11. The maximum Gasteiger partial charge on any atom is 0.243 e. The fourth-order valence-corrected chi connectivity index (χ4v) is 1.90. The number of hydrogen-bond donors (Lipinski definition) is 2. The molecule has 2 rings (SSSR count). The summed E-state index contributed by atoms with van der Waals surface area (Å²) in [6.07, 6.45) is 0. The van der Waals surface area contributed by atoms with E-state index in [-0.39, 0.29) is 18.1 Å². The highest BCUT2D eigenvalue weighted by atomic mass is 19.2. The van der Waals surface area contributed by atoms with Crippen LogP contribution in [0.25, 0.3) is 0 Å². The standard InChI is InChI=1S/C16H16F2N2O/c1-10-4-3-5-15(11(10)2)19-9-16(21)20-12-6-7-13(17)14(18)8-12/h3-8,19H,9H2,1-2H3,(H,20,21). The molecule has 2 N–H and O–H groups in total. The molecule has 110 valence electrons. The Morgan fingerprint density at radius 3 is 2.57 bits per heavy atom. The van der Waals surface area contributed by atoms with Crippen molar-refractivity contribution in [3.63, 3.8) is 0 Å². The first-order valence-corrected chi connectivity index (χ1v) is 6.52. The molecule has 0 saturated heterocycles. The Balaban J connectivity index is 1.96. The van der Waals surface area contributed by atoms with Crippen LogP contribution in [-0.4, -0.2) is 12.5 Å². The molecule has 0 heterocycles. The van der Waals surface area contributed by atoms with E-state index in [9.17, 15) is 13.6 Å². The van der Waals surface area contributed by atoms with E-state index in [1.54, 1.807) is 0 Å². The summed E-state index contributed by atoms with van der Waals surface area (Å²) in [4.78, 5) is 11.8. The molecular formula is C16H16F2N2O. The van der Waals surface area contributed by atoms with E-state index in [1.165, 1.54) is 6.07 Å². The van der Waals surface area contributed by atoms with Gasteiger partial charge in [-0.1, -0.05) is 12.1 Å². The van der Waals surface area contributed by atoms with Crippen molar-refractivity contribution in [1.29, 1.82) is 0 Å². The summed E-state index contributed by atoms with van der Waals surface area (Å²) in [5.74, 6) is -2.27. The van der Waals surface area contributed by atoms with Gasteiger partial charge in [0.25, 0.3) is 0 Å². The highest BCUT2D eigenvalue weighted by molar-refractivity contribution is 5.93. The normalized spacial score (nSPS) is 10.3. The number of aryl methyl sites for hydroxylation is 1. The Labute approximate surface area is 122 Å². The highest BCUT2D eigenvalue weighted by Crippen LogP contribution is 2.18. The predicted octanol–water partition coefficient (Wildman–Crippen LogP) is 3.63. The third-order valence-corrected chi connectivity index (χ3v) is 3.25. The second-order valence-corrected chi connectivity index (χ2v) is 4.78. The van der Waals surface area contributed by atoms with Gasteiger partial charge in [-0.05, 0) is 43.2 Å². The average molecular weight is 290 g/mol. The molecule has 3 nitrogen and oxygen atoms in total. The van der Waals surface area contributed by atoms with E-state index in [4.69, 9.17) is 0 Å². The molecule has 0 aliphatic carbocycles. The van der Waals surface area contributed by atoms with Crippen LogP contribution >= 0.6 is 0 Å². The summed E-state index contributed by atoms with van der Waals surface area (Å²) in [7, 11) is 0. The zero-order chi connectivity index (χ0) is 15.4. The smallest absolute Gasteiger partial charge is 0.243 e. The number of carbonyl (C=O) groups is 1. The zero-order valence-corrected chi connectivity index (χ0v) is 11.8. The second kappa shape index (κ2) is 6.35. The number of amides is 1. The lowest BCUT2D eigenvalue weighted by atomic mass is 10.1. The van der Waals surface area contributed by atoms with Crippen LogP contribution in [0.3, 0.4) is 0 Å². The maximum atomic E-state index is 13.0. The first kappa shape index (κ1) is 15.0. The van der Waals surface area contributed by atoms with E-state index in [0.717, 1.165) is 28.9 Å². The minimum Gasteiger partial charge on any atom is -0.376 e. The van der Waals surface area contributed by atoms with Gasteiger partial charge in [0.15, 0.2) is 11.6 Å². The van der Waals surface area contributed by atoms with E-state index in [1.807, 2.05) is 32.0 Å². The maximum absolute atomic E-state index is 13.0. The molecule has 0 aliphatic heterocycles. The number of benzene rings is 2. The first-order chi connectivity index (χ1) is 9.97. The third kappa shape index (κ3) is 3.78. The molecule has 5 heteroatoms. The molecule has 2 aromatic rings. The summed E-state index contributed by atoms with van der Waals surface area (Å²) in [5.41, 5.74) is 3.29. The molecule has 0 unspecified atom stereocenters. The van der Waals surface area contributed by atoms with Crippen molar-refractivity contribution in [1.82, 2.24) is 0 Å². The van der Waals surface area contributed by atoms with Crippen LogP contribution in [-0.2, 0) is 4.79 Å². The van der Waals surface area contributed by atoms with Crippen LogP contribution in [0.2, 0.25) is 0 Å². The number of hydrogen-bond acceptors (Lipinski definition) is 2. The Kier molecular flexibility index (Phi) is 4.52. The van der Waals surface area contributed by atoms with Crippen molar-refractivity contribution in [3.8, 4) is 0 Å². The number of carbonyl (C=O) groups excluding carboxylic acids is 1. The summed E-state index contributed by atoms with van der Waals surface area (Å²) in [5, 5.41) is 5.53. The topological polar surface area (TPSA) is 41.1 Å². The van der Waals surface area contributed by atoms with Crippen molar-refractivity contribution in [2.75, 3.05) is 17.2 Å². The zero-order valence-electron chi connectivity index (χ0n) is 11.8. The minimum absolute atomic E-state index is 0.0449. The van der Waals surface area contributed by atoms with Gasteiger partial charge < -0.3 is 10.6 Å². The van der Waals surface area contributed by atoms with Gasteiger partial charge in [0, 0.05) is 17.4 Å². The number of halogens is 2. The first-order valence-electron chi connectivity index (χ1n) is 6.52.